The highest BCUT2D eigenvalue weighted by Gasteiger charge is 2.38. The van der Waals surface area contributed by atoms with Crippen molar-refractivity contribution in [2.24, 2.45) is 11.8 Å². The first-order chi connectivity index (χ1) is 9.65. The van der Waals surface area contributed by atoms with Gasteiger partial charge in [0.25, 0.3) is 0 Å². The number of rotatable bonds is 4. The molecule has 1 aliphatic heterocycles. The second-order valence-electron chi connectivity index (χ2n) is 5.85. The van der Waals surface area contributed by atoms with Gasteiger partial charge in [0.1, 0.15) is 0 Å². The molecule has 1 aromatic rings. The number of carbonyl (C=O) groups is 2. The number of nitrogens with one attached hydrogen (secondary N) is 1. The van der Waals surface area contributed by atoms with Crippen LogP contribution < -0.4 is 10.2 Å². The molecule has 1 aromatic carbocycles. The fourth-order valence-electron chi connectivity index (χ4n) is 2.72. The number of carbonyl (C=O) groups excluding carboxylic acids is 2. The van der Waals surface area contributed by atoms with Gasteiger partial charge in [-0.1, -0.05) is 19.1 Å². The molecule has 3 rings (SSSR count). The lowest BCUT2D eigenvalue weighted by atomic mass is 10.2. The first-order valence-corrected chi connectivity index (χ1v) is 7.32. The first-order valence-electron chi connectivity index (χ1n) is 7.32. The van der Waals surface area contributed by atoms with Crippen LogP contribution in [-0.2, 0) is 16.1 Å². The first kappa shape index (κ1) is 13.2. The lowest BCUT2D eigenvalue weighted by Gasteiger charge is -2.16. The van der Waals surface area contributed by atoms with Crippen molar-refractivity contribution < 1.29 is 9.59 Å². The summed E-state index contributed by atoms with van der Waals surface area (Å²) in [6.07, 6.45) is 2.61. The minimum Gasteiger partial charge on any atom is -0.352 e. The Kier molecular flexibility index (Phi) is 3.47. The molecule has 0 bridgehead atoms. The number of hydrogen-bond donors (Lipinski definition) is 1. The van der Waals surface area contributed by atoms with E-state index < -0.39 is 0 Å². The Morgan fingerprint density at radius 2 is 2.05 bits per heavy atom. The van der Waals surface area contributed by atoms with Crippen molar-refractivity contribution in [3.8, 4) is 0 Å². The molecular formula is C16H20N2O2. The summed E-state index contributed by atoms with van der Waals surface area (Å²) in [5, 5.41) is 2.97. The quantitative estimate of drug-likeness (QED) is 0.912. The average Bonchev–Trinajstić information content (AvgIpc) is 3.03. The number of benzene rings is 1. The smallest absolute Gasteiger partial charge is 0.227 e. The summed E-state index contributed by atoms with van der Waals surface area (Å²) in [6.45, 7) is 3.48. The minimum absolute atomic E-state index is 0.163. The zero-order valence-corrected chi connectivity index (χ0v) is 11.8. The van der Waals surface area contributed by atoms with E-state index in [0.717, 1.165) is 30.6 Å². The fraction of sp³-hybridized carbons (Fsp3) is 0.500. The Hall–Kier alpha value is -1.84. The predicted octanol–water partition coefficient (Wildman–Crippen LogP) is 2.09. The highest BCUT2D eigenvalue weighted by Crippen LogP contribution is 2.37. The SMILES string of the molecule is CC1CC1C(=O)NCc1ccc(N2CCCC2=O)cc1. The lowest BCUT2D eigenvalue weighted by molar-refractivity contribution is -0.122. The second-order valence-corrected chi connectivity index (χ2v) is 5.85. The van der Waals surface area contributed by atoms with E-state index in [1.807, 2.05) is 29.2 Å². The molecule has 1 saturated heterocycles. The molecule has 2 fully saturated rings. The maximum Gasteiger partial charge on any atom is 0.227 e. The maximum absolute atomic E-state index is 11.7. The van der Waals surface area contributed by atoms with Crippen molar-refractivity contribution in [3.63, 3.8) is 0 Å². The van der Waals surface area contributed by atoms with Crippen LogP contribution >= 0.6 is 0 Å². The van der Waals surface area contributed by atoms with E-state index in [4.69, 9.17) is 0 Å². The number of anilines is 1. The molecule has 2 atom stereocenters. The van der Waals surface area contributed by atoms with Gasteiger partial charge in [-0.3, -0.25) is 9.59 Å². The summed E-state index contributed by atoms with van der Waals surface area (Å²) >= 11 is 0. The number of nitrogens with zero attached hydrogens (tertiary/aromatic N) is 1. The molecular weight excluding hydrogens is 252 g/mol. The standard InChI is InChI=1S/C16H20N2O2/c1-11-9-14(11)16(20)17-10-12-4-6-13(7-5-12)18-8-2-3-15(18)19/h4-7,11,14H,2-3,8-10H2,1H3,(H,17,20). The molecule has 0 radical (unpaired) electrons. The summed E-state index contributed by atoms with van der Waals surface area (Å²) in [4.78, 5) is 25.2. The van der Waals surface area contributed by atoms with Gasteiger partial charge in [-0.05, 0) is 36.5 Å². The zero-order chi connectivity index (χ0) is 14.1. The molecule has 1 saturated carbocycles. The van der Waals surface area contributed by atoms with E-state index in [1.165, 1.54) is 0 Å². The van der Waals surface area contributed by atoms with E-state index in [0.29, 0.717) is 18.9 Å². The highest BCUT2D eigenvalue weighted by atomic mass is 16.2. The summed E-state index contributed by atoms with van der Waals surface area (Å²) in [5.41, 5.74) is 2.03. The molecule has 106 valence electrons. The molecule has 4 nitrogen and oxygen atoms in total. The summed E-state index contributed by atoms with van der Waals surface area (Å²) < 4.78 is 0. The third-order valence-electron chi connectivity index (χ3n) is 4.23. The Balaban J connectivity index is 1.56. The third kappa shape index (κ3) is 2.69. The monoisotopic (exact) mass is 272 g/mol. The highest BCUT2D eigenvalue weighted by molar-refractivity contribution is 5.95. The molecule has 1 N–H and O–H groups in total. The largest absolute Gasteiger partial charge is 0.352 e. The fourth-order valence-corrected chi connectivity index (χ4v) is 2.72. The molecule has 4 heteroatoms. The van der Waals surface area contributed by atoms with Crippen LogP contribution in [0, 0.1) is 11.8 Å². The molecule has 2 amide bonds. The van der Waals surface area contributed by atoms with Gasteiger partial charge in [-0.15, -0.1) is 0 Å². The topological polar surface area (TPSA) is 49.4 Å². The van der Waals surface area contributed by atoms with E-state index in [2.05, 4.69) is 12.2 Å². The molecule has 1 aliphatic carbocycles. The van der Waals surface area contributed by atoms with Crippen LogP contribution in [-0.4, -0.2) is 18.4 Å². The van der Waals surface area contributed by atoms with Crippen molar-refractivity contribution in [1.29, 1.82) is 0 Å². The minimum atomic E-state index is 0.163. The maximum atomic E-state index is 11.7. The van der Waals surface area contributed by atoms with Gasteiger partial charge in [0.15, 0.2) is 0 Å². The van der Waals surface area contributed by atoms with Crippen LogP contribution in [0.4, 0.5) is 5.69 Å². The van der Waals surface area contributed by atoms with E-state index in [-0.39, 0.29) is 17.7 Å². The van der Waals surface area contributed by atoms with Crippen molar-refractivity contribution in [2.75, 3.05) is 11.4 Å². The van der Waals surface area contributed by atoms with E-state index in [9.17, 15) is 9.59 Å². The Bertz CT molecular complexity index is 524. The van der Waals surface area contributed by atoms with Crippen LogP contribution in [0.15, 0.2) is 24.3 Å². The number of hydrogen-bond acceptors (Lipinski definition) is 2. The van der Waals surface area contributed by atoms with Crippen molar-refractivity contribution in [2.45, 2.75) is 32.7 Å². The van der Waals surface area contributed by atoms with Gasteiger partial charge in [0, 0.05) is 31.1 Å². The van der Waals surface area contributed by atoms with Crippen molar-refractivity contribution in [3.05, 3.63) is 29.8 Å². The van der Waals surface area contributed by atoms with Crippen molar-refractivity contribution in [1.82, 2.24) is 5.32 Å². The Morgan fingerprint density at radius 1 is 1.35 bits per heavy atom. The van der Waals surface area contributed by atoms with Crippen LogP contribution in [0.2, 0.25) is 0 Å². The van der Waals surface area contributed by atoms with Crippen LogP contribution in [0.25, 0.3) is 0 Å². The van der Waals surface area contributed by atoms with Gasteiger partial charge in [0.05, 0.1) is 0 Å². The molecule has 1 heterocycles. The van der Waals surface area contributed by atoms with Gasteiger partial charge >= 0.3 is 0 Å². The lowest BCUT2D eigenvalue weighted by Crippen LogP contribution is -2.25. The Labute approximate surface area is 119 Å². The van der Waals surface area contributed by atoms with Gasteiger partial charge in [-0.25, -0.2) is 0 Å². The van der Waals surface area contributed by atoms with Gasteiger partial charge in [-0.2, -0.15) is 0 Å². The van der Waals surface area contributed by atoms with Crippen molar-refractivity contribution >= 4 is 17.5 Å². The summed E-state index contributed by atoms with van der Waals surface area (Å²) in [5.74, 6) is 1.13. The van der Waals surface area contributed by atoms with Gasteiger partial charge in [0.2, 0.25) is 11.8 Å². The zero-order valence-electron chi connectivity index (χ0n) is 11.8. The molecule has 2 aliphatic rings. The third-order valence-corrected chi connectivity index (χ3v) is 4.23. The Morgan fingerprint density at radius 3 is 2.60 bits per heavy atom. The van der Waals surface area contributed by atoms with Crippen LogP contribution in [0.1, 0.15) is 31.7 Å². The van der Waals surface area contributed by atoms with E-state index >= 15 is 0 Å². The van der Waals surface area contributed by atoms with Crippen LogP contribution in [0.3, 0.4) is 0 Å². The molecule has 20 heavy (non-hydrogen) atoms. The molecule has 2 unspecified atom stereocenters. The summed E-state index contributed by atoms with van der Waals surface area (Å²) in [6, 6.07) is 7.89. The molecule has 0 aromatic heterocycles. The normalized spacial score (nSPS) is 24.9. The second kappa shape index (κ2) is 5.27. The predicted molar refractivity (Wildman–Crippen MR) is 77.1 cm³/mol. The average molecular weight is 272 g/mol. The van der Waals surface area contributed by atoms with Gasteiger partial charge < -0.3 is 10.2 Å². The molecule has 0 spiro atoms. The summed E-state index contributed by atoms with van der Waals surface area (Å²) in [7, 11) is 0. The van der Waals surface area contributed by atoms with Crippen LogP contribution in [0.5, 0.6) is 0 Å². The number of amides is 2. The van der Waals surface area contributed by atoms with E-state index in [1.54, 1.807) is 0 Å².